The van der Waals surface area contributed by atoms with E-state index in [0.717, 1.165) is 11.1 Å². The smallest absolute Gasteiger partial charge is 0.261 e. The van der Waals surface area contributed by atoms with Gasteiger partial charge < -0.3 is 10.6 Å². The predicted molar refractivity (Wildman–Crippen MR) is 95.8 cm³/mol. The SMILES string of the molecule is CCC(=O)Nc1cc(NC(=O)c2cnn3cc(C)cnc23)ccc1C. The summed E-state index contributed by atoms with van der Waals surface area (Å²) >= 11 is 0. The van der Waals surface area contributed by atoms with Crippen LogP contribution in [0.1, 0.15) is 34.8 Å². The van der Waals surface area contributed by atoms with Crippen LogP contribution in [-0.2, 0) is 4.79 Å². The molecule has 0 atom stereocenters. The van der Waals surface area contributed by atoms with Gasteiger partial charge in [-0.25, -0.2) is 9.50 Å². The van der Waals surface area contributed by atoms with Crippen LogP contribution in [0.2, 0.25) is 0 Å². The lowest BCUT2D eigenvalue weighted by Gasteiger charge is -2.11. The highest BCUT2D eigenvalue weighted by molar-refractivity contribution is 6.08. The molecule has 0 bridgehead atoms. The fraction of sp³-hybridized carbons (Fsp3) is 0.222. The number of aromatic nitrogens is 3. The molecule has 0 aliphatic heterocycles. The lowest BCUT2D eigenvalue weighted by Crippen LogP contribution is -2.14. The second-order valence-corrected chi connectivity index (χ2v) is 5.84. The van der Waals surface area contributed by atoms with Crippen molar-refractivity contribution in [3.05, 3.63) is 53.5 Å². The van der Waals surface area contributed by atoms with Crippen molar-refractivity contribution in [2.45, 2.75) is 27.2 Å². The molecule has 0 aliphatic carbocycles. The fourth-order valence-corrected chi connectivity index (χ4v) is 2.40. The van der Waals surface area contributed by atoms with E-state index in [9.17, 15) is 9.59 Å². The number of carbonyl (C=O) groups excluding carboxylic acids is 2. The molecule has 128 valence electrons. The molecule has 2 amide bonds. The summed E-state index contributed by atoms with van der Waals surface area (Å²) in [7, 11) is 0. The molecule has 0 fully saturated rings. The highest BCUT2D eigenvalue weighted by Gasteiger charge is 2.15. The number of rotatable bonds is 4. The van der Waals surface area contributed by atoms with Gasteiger partial charge in [-0.2, -0.15) is 5.10 Å². The fourth-order valence-electron chi connectivity index (χ4n) is 2.40. The zero-order valence-electron chi connectivity index (χ0n) is 14.3. The number of nitrogens with zero attached hydrogens (tertiary/aromatic N) is 3. The minimum Gasteiger partial charge on any atom is -0.326 e. The van der Waals surface area contributed by atoms with Gasteiger partial charge >= 0.3 is 0 Å². The maximum atomic E-state index is 12.6. The molecule has 3 aromatic rings. The minimum absolute atomic E-state index is 0.0752. The molecule has 2 N–H and O–H groups in total. The highest BCUT2D eigenvalue weighted by Crippen LogP contribution is 2.21. The highest BCUT2D eigenvalue weighted by atomic mass is 16.2. The van der Waals surface area contributed by atoms with Crippen LogP contribution in [0.3, 0.4) is 0 Å². The molecule has 2 aromatic heterocycles. The first-order valence-corrected chi connectivity index (χ1v) is 7.99. The second-order valence-electron chi connectivity index (χ2n) is 5.84. The Morgan fingerprint density at radius 2 is 1.96 bits per heavy atom. The number of nitrogens with one attached hydrogen (secondary N) is 2. The van der Waals surface area contributed by atoms with Gasteiger partial charge in [-0.05, 0) is 37.1 Å². The number of fused-ring (bicyclic) bond motifs is 1. The Balaban J connectivity index is 1.85. The van der Waals surface area contributed by atoms with Gasteiger partial charge in [0, 0.05) is 30.2 Å². The molecule has 25 heavy (non-hydrogen) atoms. The molecule has 0 saturated carbocycles. The Hall–Kier alpha value is -3.22. The van der Waals surface area contributed by atoms with Crippen LogP contribution < -0.4 is 10.6 Å². The van der Waals surface area contributed by atoms with E-state index in [-0.39, 0.29) is 11.8 Å². The van der Waals surface area contributed by atoms with E-state index >= 15 is 0 Å². The summed E-state index contributed by atoms with van der Waals surface area (Å²) in [5.41, 5.74) is 4.03. The summed E-state index contributed by atoms with van der Waals surface area (Å²) in [6.45, 7) is 5.59. The van der Waals surface area contributed by atoms with Crippen molar-refractivity contribution >= 4 is 28.8 Å². The number of anilines is 2. The molecule has 0 aliphatic rings. The van der Waals surface area contributed by atoms with Crippen molar-refractivity contribution in [3.63, 3.8) is 0 Å². The van der Waals surface area contributed by atoms with Crippen molar-refractivity contribution < 1.29 is 9.59 Å². The third-order valence-electron chi connectivity index (χ3n) is 3.82. The second kappa shape index (κ2) is 6.72. The van der Waals surface area contributed by atoms with Crippen molar-refractivity contribution in [3.8, 4) is 0 Å². The number of carbonyl (C=O) groups is 2. The van der Waals surface area contributed by atoms with Gasteiger partial charge in [0.15, 0.2) is 5.65 Å². The zero-order valence-corrected chi connectivity index (χ0v) is 14.3. The lowest BCUT2D eigenvalue weighted by molar-refractivity contribution is -0.115. The number of hydrogen-bond donors (Lipinski definition) is 2. The van der Waals surface area contributed by atoms with Crippen molar-refractivity contribution in [2.75, 3.05) is 10.6 Å². The zero-order chi connectivity index (χ0) is 18.0. The summed E-state index contributed by atoms with van der Waals surface area (Å²) in [5, 5.41) is 9.81. The maximum absolute atomic E-state index is 12.6. The molecule has 2 heterocycles. The van der Waals surface area contributed by atoms with Gasteiger partial charge in [0.2, 0.25) is 5.91 Å². The van der Waals surface area contributed by atoms with Crippen molar-refractivity contribution in [1.29, 1.82) is 0 Å². The molecule has 1 aromatic carbocycles. The predicted octanol–water partition coefficient (Wildman–Crippen LogP) is 2.95. The largest absolute Gasteiger partial charge is 0.326 e. The van der Waals surface area contributed by atoms with E-state index < -0.39 is 0 Å². The van der Waals surface area contributed by atoms with E-state index in [1.807, 2.05) is 26.1 Å². The molecule has 0 saturated heterocycles. The quantitative estimate of drug-likeness (QED) is 0.766. The van der Waals surface area contributed by atoms with Crippen molar-refractivity contribution in [1.82, 2.24) is 14.6 Å². The van der Waals surface area contributed by atoms with Gasteiger partial charge in [-0.3, -0.25) is 9.59 Å². The summed E-state index contributed by atoms with van der Waals surface area (Å²) in [5.74, 6) is -0.378. The van der Waals surface area contributed by atoms with Crippen LogP contribution in [0.5, 0.6) is 0 Å². The Labute approximate surface area is 145 Å². The van der Waals surface area contributed by atoms with Crippen LogP contribution >= 0.6 is 0 Å². The molecule has 0 unspecified atom stereocenters. The number of amides is 2. The summed E-state index contributed by atoms with van der Waals surface area (Å²) in [6.07, 6.45) is 5.38. The number of aryl methyl sites for hydroxylation is 2. The number of hydrogen-bond acceptors (Lipinski definition) is 4. The van der Waals surface area contributed by atoms with Crippen LogP contribution in [-0.4, -0.2) is 26.4 Å². The van der Waals surface area contributed by atoms with Crippen LogP contribution in [0.4, 0.5) is 11.4 Å². The summed E-state index contributed by atoms with van der Waals surface area (Å²) in [4.78, 5) is 28.4. The molecule has 3 rings (SSSR count). The first-order valence-electron chi connectivity index (χ1n) is 7.99. The van der Waals surface area contributed by atoms with Crippen LogP contribution in [0, 0.1) is 13.8 Å². The third kappa shape index (κ3) is 3.50. The first kappa shape index (κ1) is 16.6. The first-order chi connectivity index (χ1) is 12.0. The third-order valence-corrected chi connectivity index (χ3v) is 3.82. The molecule has 7 heteroatoms. The minimum atomic E-state index is -0.303. The van der Waals surface area contributed by atoms with Gasteiger partial charge in [0.25, 0.3) is 5.91 Å². The Bertz CT molecular complexity index is 961. The average molecular weight is 337 g/mol. The van der Waals surface area contributed by atoms with E-state index in [0.29, 0.717) is 29.0 Å². The molecule has 0 spiro atoms. The standard InChI is InChI=1S/C18H19N5O2/c1-4-16(24)22-15-7-13(6-5-12(15)3)21-18(25)14-9-20-23-10-11(2)8-19-17(14)23/h5-10H,4H2,1-3H3,(H,21,25)(H,22,24). The van der Waals surface area contributed by atoms with E-state index in [1.165, 1.54) is 6.20 Å². The molecule has 0 radical (unpaired) electrons. The van der Waals surface area contributed by atoms with Crippen molar-refractivity contribution in [2.24, 2.45) is 0 Å². The average Bonchev–Trinajstić information content (AvgIpc) is 3.00. The van der Waals surface area contributed by atoms with E-state index in [4.69, 9.17) is 0 Å². The van der Waals surface area contributed by atoms with Gasteiger partial charge in [-0.15, -0.1) is 0 Å². The van der Waals surface area contributed by atoms with E-state index in [2.05, 4.69) is 20.7 Å². The Kier molecular flexibility index (Phi) is 4.47. The van der Waals surface area contributed by atoms with Crippen LogP contribution in [0.15, 0.2) is 36.8 Å². The number of benzene rings is 1. The summed E-state index contributed by atoms with van der Waals surface area (Å²) in [6, 6.07) is 5.38. The van der Waals surface area contributed by atoms with Crippen LogP contribution in [0.25, 0.3) is 5.65 Å². The van der Waals surface area contributed by atoms with Gasteiger partial charge in [0.05, 0.1) is 6.20 Å². The van der Waals surface area contributed by atoms with E-state index in [1.54, 1.807) is 29.8 Å². The Morgan fingerprint density at radius 3 is 2.72 bits per heavy atom. The van der Waals surface area contributed by atoms with Gasteiger partial charge in [-0.1, -0.05) is 13.0 Å². The normalized spacial score (nSPS) is 10.7. The lowest BCUT2D eigenvalue weighted by atomic mass is 10.1. The molecular formula is C18H19N5O2. The molecule has 7 nitrogen and oxygen atoms in total. The Morgan fingerprint density at radius 1 is 1.16 bits per heavy atom. The summed E-state index contributed by atoms with van der Waals surface area (Å²) < 4.78 is 1.58. The molecular weight excluding hydrogens is 318 g/mol. The topological polar surface area (TPSA) is 88.4 Å². The van der Waals surface area contributed by atoms with Gasteiger partial charge in [0.1, 0.15) is 5.56 Å². The monoisotopic (exact) mass is 337 g/mol. The maximum Gasteiger partial charge on any atom is 0.261 e.